The maximum atomic E-state index is 13.1. The lowest BCUT2D eigenvalue weighted by Crippen LogP contribution is -2.54. The van der Waals surface area contributed by atoms with Crippen molar-refractivity contribution in [2.75, 3.05) is 18.8 Å². The number of hydrogen-bond donors (Lipinski definition) is 1. The van der Waals surface area contributed by atoms with Gasteiger partial charge in [0, 0.05) is 11.6 Å². The Morgan fingerprint density at radius 2 is 1.66 bits per heavy atom. The minimum absolute atomic E-state index is 0.0763. The van der Waals surface area contributed by atoms with Crippen LogP contribution in [0.1, 0.15) is 16.7 Å². The lowest BCUT2D eigenvalue weighted by molar-refractivity contribution is -0.122. The quantitative estimate of drug-likeness (QED) is 0.635. The number of barbiturate groups is 1. The highest BCUT2D eigenvalue weighted by Crippen LogP contribution is 2.39. The van der Waals surface area contributed by atoms with E-state index in [-0.39, 0.29) is 12.4 Å². The third-order valence-electron chi connectivity index (χ3n) is 4.59. The number of nitrogens with zero attached hydrogens (tertiary/aromatic N) is 1. The van der Waals surface area contributed by atoms with Gasteiger partial charge in [0.05, 0.1) is 12.8 Å². The summed E-state index contributed by atoms with van der Waals surface area (Å²) in [7, 11) is 1.47. The monoisotopic (exact) mass is 394 g/mol. The number of carbonyl (C=O) groups is 3. The fourth-order valence-corrected chi connectivity index (χ4v) is 3.36. The highest BCUT2D eigenvalue weighted by Gasteiger charge is 2.37. The minimum Gasteiger partial charge on any atom is -0.496 e. The van der Waals surface area contributed by atoms with Gasteiger partial charge in [-0.3, -0.25) is 14.9 Å². The molecule has 4 rings (SSSR count). The molecule has 0 saturated carbocycles. The molecule has 2 aliphatic rings. The van der Waals surface area contributed by atoms with Crippen molar-refractivity contribution in [3.63, 3.8) is 0 Å². The molecule has 8 nitrogen and oxygen atoms in total. The SMILES string of the molecule is COc1cc2c(cc1/C=C1\C(=O)NC(=O)N(c3cc(C)cc(C)c3)C1=O)OCO2. The van der Waals surface area contributed by atoms with Crippen LogP contribution in [-0.2, 0) is 9.59 Å². The minimum atomic E-state index is -0.792. The van der Waals surface area contributed by atoms with E-state index in [1.807, 2.05) is 19.9 Å². The first kappa shape index (κ1) is 18.5. The standard InChI is InChI=1S/C21H18N2O6/c1-11-4-12(2)6-14(5-11)23-20(25)15(19(24)22-21(23)26)7-13-8-17-18(29-10-28-17)9-16(13)27-3/h4-9H,10H2,1-3H3,(H,22,24,26)/b15-7+. The number of benzene rings is 2. The molecular weight excluding hydrogens is 376 g/mol. The molecule has 0 bridgehead atoms. The summed E-state index contributed by atoms with van der Waals surface area (Å²) in [6.45, 7) is 3.80. The Kier molecular flexibility index (Phi) is 4.46. The number of aryl methyl sites for hydroxylation is 2. The first-order chi connectivity index (χ1) is 13.9. The summed E-state index contributed by atoms with van der Waals surface area (Å²) in [5.74, 6) is -0.111. The summed E-state index contributed by atoms with van der Waals surface area (Å²) in [4.78, 5) is 38.9. The predicted molar refractivity (Wildman–Crippen MR) is 104 cm³/mol. The highest BCUT2D eigenvalue weighted by molar-refractivity contribution is 6.39. The number of amides is 4. The van der Waals surface area contributed by atoms with E-state index in [0.717, 1.165) is 16.0 Å². The Bertz CT molecular complexity index is 1070. The maximum absolute atomic E-state index is 13.1. The van der Waals surface area contributed by atoms with Crippen molar-refractivity contribution >= 4 is 29.6 Å². The number of hydrogen-bond acceptors (Lipinski definition) is 6. The Hall–Kier alpha value is -3.81. The summed E-state index contributed by atoms with van der Waals surface area (Å²) in [6.07, 6.45) is 1.38. The van der Waals surface area contributed by atoms with Gasteiger partial charge in [-0.2, -0.15) is 0 Å². The molecule has 1 N–H and O–H groups in total. The number of rotatable bonds is 3. The van der Waals surface area contributed by atoms with Crippen LogP contribution in [0.3, 0.4) is 0 Å². The fourth-order valence-electron chi connectivity index (χ4n) is 3.36. The van der Waals surface area contributed by atoms with Gasteiger partial charge in [-0.15, -0.1) is 0 Å². The smallest absolute Gasteiger partial charge is 0.335 e. The number of anilines is 1. The second-order valence-electron chi connectivity index (χ2n) is 6.75. The summed E-state index contributed by atoms with van der Waals surface area (Å²) in [5.41, 5.74) is 2.42. The first-order valence-corrected chi connectivity index (χ1v) is 8.85. The largest absolute Gasteiger partial charge is 0.496 e. The summed E-state index contributed by atoms with van der Waals surface area (Å²) < 4.78 is 16.0. The van der Waals surface area contributed by atoms with Crippen LogP contribution >= 0.6 is 0 Å². The van der Waals surface area contributed by atoms with Crippen LogP contribution in [0.15, 0.2) is 35.9 Å². The van der Waals surface area contributed by atoms with E-state index in [9.17, 15) is 14.4 Å². The molecule has 1 fully saturated rings. The Balaban J connectivity index is 1.78. The first-order valence-electron chi connectivity index (χ1n) is 8.85. The van der Waals surface area contributed by atoms with Crippen molar-refractivity contribution in [2.24, 2.45) is 0 Å². The zero-order valence-corrected chi connectivity index (χ0v) is 16.1. The van der Waals surface area contributed by atoms with Gasteiger partial charge in [0.15, 0.2) is 11.5 Å². The second-order valence-corrected chi connectivity index (χ2v) is 6.75. The van der Waals surface area contributed by atoms with Crippen molar-refractivity contribution in [3.05, 3.63) is 52.6 Å². The summed E-state index contributed by atoms with van der Waals surface area (Å²) >= 11 is 0. The zero-order valence-electron chi connectivity index (χ0n) is 16.1. The molecule has 2 aromatic rings. The lowest BCUT2D eigenvalue weighted by atomic mass is 10.0. The third kappa shape index (κ3) is 3.29. The van der Waals surface area contributed by atoms with Gasteiger partial charge in [0.2, 0.25) is 6.79 Å². The van der Waals surface area contributed by atoms with Crippen LogP contribution < -0.4 is 24.4 Å². The number of carbonyl (C=O) groups excluding carboxylic acids is 3. The molecule has 0 aliphatic carbocycles. The van der Waals surface area contributed by atoms with E-state index in [0.29, 0.717) is 28.5 Å². The van der Waals surface area contributed by atoms with Crippen molar-refractivity contribution in [1.29, 1.82) is 0 Å². The van der Waals surface area contributed by atoms with Crippen molar-refractivity contribution < 1.29 is 28.6 Å². The molecule has 0 unspecified atom stereocenters. The lowest BCUT2D eigenvalue weighted by Gasteiger charge is -2.27. The molecule has 0 radical (unpaired) electrons. The van der Waals surface area contributed by atoms with Crippen molar-refractivity contribution in [1.82, 2.24) is 5.32 Å². The molecule has 0 atom stereocenters. The van der Waals surface area contributed by atoms with Crippen LogP contribution in [-0.4, -0.2) is 31.7 Å². The van der Waals surface area contributed by atoms with Crippen LogP contribution in [0, 0.1) is 13.8 Å². The van der Waals surface area contributed by atoms with Crippen LogP contribution in [0.2, 0.25) is 0 Å². The Labute approximate surface area is 166 Å². The predicted octanol–water partition coefficient (Wildman–Crippen LogP) is 2.71. The molecule has 8 heteroatoms. The van der Waals surface area contributed by atoms with Gasteiger partial charge in [0.1, 0.15) is 11.3 Å². The molecule has 4 amide bonds. The van der Waals surface area contributed by atoms with Crippen LogP contribution in [0.4, 0.5) is 10.5 Å². The van der Waals surface area contributed by atoms with E-state index in [2.05, 4.69) is 5.32 Å². The topological polar surface area (TPSA) is 94.2 Å². The number of imide groups is 2. The van der Waals surface area contributed by atoms with Crippen molar-refractivity contribution in [2.45, 2.75) is 13.8 Å². The number of methoxy groups -OCH3 is 1. The fraction of sp³-hybridized carbons (Fsp3) is 0.190. The number of urea groups is 1. The molecule has 0 aromatic heterocycles. The molecule has 2 aliphatic heterocycles. The molecule has 29 heavy (non-hydrogen) atoms. The van der Waals surface area contributed by atoms with Crippen LogP contribution in [0.25, 0.3) is 6.08 Å². The van der Waals surface area contributed by atoms with Gasteiger partial charge in [-0.25, -0.2) is 9.69 Å². The molecule has 0 spiro atoms. The molecular formula is C21H18N2O6. The Morgan fingerprint density at radius 3 is 2.31 bits per heavy atom. The summed E-state index contributed by atoms with van der Waals surface area (Å²) in [5, 5.41) is 2.22. The van der Waals surface area contributed by atoms with Gasteiger partial charge >= 0.3 is 6.03 Å². The van der Waals surface area contributed by atoms with E-state index in [1.54, 1.807) is 24.3 Å². The number of ether oxygens (including phenoxy) is 3. The van der Waals surface area contributed by atoms with Gasteiger partial charge in [0.25, 0.3) is 11.8 Å². The van der Waals surface area contributed by atoms with E-state index in [1.165, 1.54) is 13.2 Å². The average Bonchev–Trinajstić information content (AvgIpc) is 3.10. The third-order valence-corrected chi connectivity index (χ3v) is 4.59. The van der Waals surface area contributed by atoms with Crippen LogP contribution in [0.5, 0.6) is 17.2 Å². The molecule has 2 aromatic carbocycles. The maximum Gasteiger partial charge on any atom is 0.335 e. The van der Waals surface area contributed by atoms with E-state index < -0.39 is 17.8 Å². The normalized spacial score (nSPS) is 17.0. The van der Waals surface area contributed by atoms with Crippen molar-refractivity contribution in [3.8, 4) is 17.2 Å². The summed E-state index contributed by atoms with van der Waals surface area (Å²) in [6, 6.07) is 7.78. The van der Waals surface area contributed by atoms with Gasteiger partial charge < -0.3 is 14.2 Å². The molecule has 1 saturated heterocycles. The number of nitrogens with one attached hydrogen (secondary N) is 1. The zero-order chi connectivity index (χ0) is 20.7. The average molecular weight is 394 g/mol. The van der Waals surface area contributed by atoms with E-state index in [4.69, 9.17) is 14.2 Å². The van der Waals surface area contributed by atoms with E-state index >= 15 is 0 Å². The number of fused-ring (bicyclic) bond motifs is 1. The highest BCUT2D eigenvalue weighted by atomic mass is 16.7. The van der Waals surface area contributed by atoms with Gasteiger partial charge in [-0.1, -0.05) is 6.07 Å². The molecule has 2 heterocycles. The molecule has 148 valence electrons. The second kappa shape index (κ2) is 6.97. The Morgan fingerprint density at radius 1 is 1.00 bits per heavy atom. The van der Waals surface area contributed by atoms with Gasteiger partial charge in [-0.05, 0) is 49.2 Å².